The molecule has 1 heterocycles. The minimum absolute atomic E-state index is 0.0433. The standard InChI is InChI=1S/C22H28N2O3S/c1-4-17(2)19-7-11-22(12-8-19)28(26,27)24-15-13-23(14-16-24)21-9-5-20(6-10-21)18(3)25/h5-12,17H,4,13-16H2,1-3H3/t17-/m1/s1. The SMILES string of the molecule is CC[C@@H](C)c1ccc(S(=O)(=O)N2CCN(c3ccc(C(C)=O)cc3)CC2)cc1. The molecule has 1 atom stereocenters. The zero-order valence-corrected chi connectivity index (χ0v) is 17.6. The fourth-order valence-electron chi connectivity index (χ4n) is 3.45. The molecule has 0 amide bonds. The lowest BCUT2D eigenvalue weighted by atomic mass is 9.99. The van der Waals surface area contributed by atoms with Gasteiger partial charge in [0.25, 0.3) is 0 Å². The van der Waals surface area contributed by atoms with Crippen molar-refractivity contribution >= 4 is 21.5 Å². The molecular weight excluding hydrogens is 372 g/mol. The maximum atomic E-state index is 13.0. The van der Waals surface area contributed by atoms with Crippen LogP contribution in [0.2, 0.25) is 0 Å². The van der Waals surface area contributed by atoms with E-state index < -0.39 is 10.0 Å². The van der Waals surface area contributed by atoms with E-state index in [-0.39, 0.29) is 5.78 Å². The highest BCUT2D eigenvalue weighted by Gasteiger charge is 2.28. The highest BCUT2D eigenvalue weighted by Crippen LogP contribution is 2.24. The highest BCUT2D eigenvalue weighted by atomic mass is 32.2. The van der Waals surface area contributed by atoms with Gasteiger partial charge in [-0.1, -0.05) is 26.0 Å². The van der Waals surface area contributed by atoms with Gasteiger partial charge in [-0.05, 0) is 61.2 Å². The highest BCUT2D eigenvalue weighted by molar-refractivity contribution is 7.89. The number of Topliss-reactive ketones (excluding diaryl/α,β-unsaturated/α-hetero) is 1. The molecule has 150 valence electrons. The molecule has 28 heavy (non-hydrogen) atoms. The zero-order chi connectivity index (χ0) is 20.3. The van der Waals surface area contributed by atoms with Crippen LogP contribution in [0, 0.1) is 0 Å². The normalized spacial score (nSPS) is 16.8. The number of carbonyl (C=O) groups excluding carboxylic acids is 1. The van der Waals surface area contributed by atoms with E-state index >= 15 is 0 Å². The lowest BCUT2D eigenvalue weighted by Gasteiger charge is -2.35. The van der Waals surface area contributed by atoms with E-state index in [4.69, 9.17) is 0 Å². The zero-order valence-electron chi connectivity index (χ0n) is 16.8. The second-order valence-corrected chi connectivity index (χ2v) is 9.31. The average Bonchev–Trinajstić information content (AvgIpc) is 2.73. The van der Waals surface area contributed by atoms with Gasteiger partial charge < -0.3 is 4.90 Å². The van der Waals surface area contributed by atoms with Gasteiger partial charge in [0, 0.05) is 37.4 Å². The summed E-state index contributed by atoms with van der Waals surface area (Å²) >= 11 is 0. The molecule has 1 aliphatic rings. The fraction of sp³-hybridized carbons (Fsp3) is 0.409. The van der Waals surface area contributed by atoms with Gasteiger partial charge in [-0.15, -0.1) is 0 Å². The summed E-state index contributed by atoms with van der Waals surface area (Å²) in [6, 6.07) is 14.8. The molecule has 5 nitrogen and oxygen atoms in total. The van der Waals surface area contributed by atoms with Crippen molar-refractivity contribution in [2.45, 2.75) is 38.0 Å². The minimum Gasteiger partial charge on any atom is -0.369 e. The van der Waals surface area contributed by atoms with E-state index in [2.05, 4.69) is 18.7 Å². The van der Waals surface area contributed by atoms with Crippen molar-refractivity contribution in [3.63, 3.8) is 0 Å². The summed E-state index contributed by atoms with van der Waals surface area (Å²) in [5.74, 6) is 0.469. The lowest BCUT2D eigenvalue weighted by Crippen LogP contribution is -2.48. The molecule has 0 N–H and O–H groups in total. The predicted molar refractivity (Wildman–Crippen MR) is 113 cm³/mol. The first-order valence-electron chi connectivity index (χ1n) is 9.79. The number of nitrogens with zero attached hydrogens (tertiary/aromatic N) is 2. The van der Waals surface area contributed by atoms with Gasteiger partial charge in [0.15, 0.2) is 5.78 Å². The number of sulfonamides is 1. The molecule has 0 radical (unpaired) electrons. The van der Waals surface area contributed by atoms with Crippen LogP contribution in [0.15, 0.2) is 53.4 Å². The summed E-state index contributed by atoms with van der Waals surface area (Å²) in [4.78, 5) is 13.9. The molecule has 1 aliphatic heterocycles. The number of hydrogen-bond donors (Lipinski definition) is 0. The molecule has 0 unspecified atom stereocenters. The first-order valence-corrected chi connectivity index (χ1v) is 11.2. The van der Waals surface area contributed by atoms with Crippen LogP contribution in [0.25, 0.3) is 0 Å². The molecule has 0 aliphatic carbocycles. The Hall–Kier alpha value is -2.18. The fourth-order valence-corrected chi connectivity index (χ4v) is 4.87. The third-order valence-electron chi connectivity index (χ3n) is 5.58. The van der Waals surface area contributed by atoms with Crippen molar-refractivity contribution in [2.75, 3.05) is 31.1 Å². The Morgan fingerprint density at radius 2 is 1.54 bits per heavy atom. The molecule has 1 fully saturated rings. The second kappa shape index (κ2) is 8.45. The largest absolute Gasteiger partial charge is 0.369 e. The molecule has 2 aromatic carbocycles. The Bertz CT molecular complexity index is 913. The summed E-state index contributed by atoms with van der Waals surface area (Å²) in [6.45, 7) is 7.98. The molecule has 0 saturated carbocycles. The summed E-state index contributed by atoms with van der Waals surface area (Å²) in [7, 11) is -3.47. The Balaban J connectivity index is 1.67. The van der Waals surface area contributed by atoms with E-state index in [0.717, 1.165) is 12.1 Å². The number of hydrogen-bond acceptors (Lipinski definition) is 4. The Labute approximate surface area is 168 Å². The number of rotatable bonds is 6. The van der Waals surface area contributed by atoms with Gasteiger partial charge in [-0.3, -0.25) is 4.79 Å². The topological polar surface area (TPSA) is 57.7 Å². The van der Waals surface area contributed by atoms with Crippen molar-refractivity contribution in [1.29, 1.82) is 0 Å². The lowest BCUT2D eigenvalue weighted by molar-refractivity contribution is 0.101. The van der Waals surface area contributed by atoms with Gasteiger partial charge in [-0.2, -0.15) is 4.31 Å². The number of carbonyl (C=O) groups is 1. The molecule has 0 bridgehead atoms. The average molecular weight is 401 g/mol. The number of benzene rings is 2. The molecule has 3 rings (SSSR count). The van der Waals surface area contributed by atoms with Crippen LogP contribution in [-0.4, -0.2) is 44.7 Å². The first kappa shape index (κ1) is 20.6. The third-order valence-corrected chi connectivity index (χ3v) is 7.49. The number of anilines is 1. The molecule has 6 heteroatoms. The Kier molecular flexibility index (Phi) is 6.20. The summed E-state index contributed by atoms with van der Waals surface area (Å²) in [5.41, 5.74) is 2.87. The first-order chi connectivity index (χ1) is 13.3. The maximum absolute atomic E-state index is 13.0. The van der Waals surface area contributed by atoms with Crippen LogP contribution < -0.4 is 4.90 Å². The summed E-state index contributed by atoms with van der Waals surface area (Å²) < 4.78 is 27.5. The third kappa shape index (κ3) is 4.28. The van der Waals surface area contributed by atoms with Crippen LogP contribution in [-0.2, 0) is 10.0 Å². The van der Waals surface area contributed by atoms with E-state index in [1.165, 1.54) is 5.56 Å². The summed E-state index contributed by atoms with van der Waals surface area (Å²) in [5, 5.41) is 0. The quantitative estimate of drug-likeness (QED) is 0.690. The molecular formula is C22H28N2O3S. The predicted octanol–water partition coefficient (Wildman–Crippen LogP) is 3.91. The molecule has 2 aromatic rings. The van der Waals surface area contributed by atoms with E-state index in [1.807, 2.05) is 36.4 Å². The van der Waals surface area contributed by atoms with Gasteiger partial charge in [0.2, 0.25) is 10.0 Å². The van der Waals surface area contributed by atoms with E-state index in [1.54, 1.807) is 23.4 Å². The Morgan fingerprint density at radius 3 is 2.04 bits per heavy atom. The van der Waals surface area contributed by atoms with Crippen molar-refractivity contribution in [1.82, 2.24) is 4.31 Å². The van der Waals surface area contributed by atoms with Crippen molar-refractivity contribution in [2.24, 2.45) is 0 Å². The monoisotopic (exact) mass is 400 g/mol. The number of ketones is 1. The van der Waals surface area contributed by atoms with Gasteiger partial charge in [0.1, 0.15) is 0 Å². The van der Waals surface area contributed by atoms with Gasteiger partial charge in [-0.25, -0.2) is 8.42 Å². The molecule has 0 spiro atoms. The molecule has 1 saturated heterocycles. The van der Waals surface area contributed by atoms with Crippen LogP contribution in [0.3, 0.4) is 0 Å². The van der Waals surface area contributed by atoms with Crippen LogP contribution in [0.5, 0.6) is 0 Å². The van der Waals surface area contributed by atoms with Crippen LogP contribution >= 0.6 is 0 Å². The van der Waals surface area contributed by atoms with Crippen LogP contribution in [0.1, 0.15) is 49.0 Å². The van der Waals surface area contributed by atoms with Crippen molar-refractivity contribution in [3.8, 4) is 0 Å². The van der Waals surface area contributed by atoms with Crippen molar-refractivity contribution < 1.29 is 13.2 Å². The van der Waals surface area contributed by atoms with Crippen molar-refractivity contribution in [3.05, 3.63) is 59.7 Å². The van der Waals surface area contributed by atoms with Crippen LogP contribution in [0.4, 0.5) is 5.69 Å². The smallest absolute Gasteiger partial charge is 0.243 e. The summed E-state index contributed by atoms with van der Waals surface area (Å²) in [6.07, 6.45) is 1.03. The van der Waals surface area contributed by atoms with Gasteiger partial charge in [0.05, 0.1) is 4.90 Å². The maximum Gasteiger partial charge on any atom is 0.243 e. The van der Waals surface area contributed by atoms with E-state index in [0.29, 0.717) is 42.6 Å². The second-order valence-electron chi connectivity index (χ2n) is 7.37. The number of piperazine rings is 1. The van der Waals surface area contributed by atoms with Gasteiger partial charge >= 0.3 is 0 Å². The Morgan fingerprint density at radius 1 is 0.964 bits per heavy atom. The van der Waals surface area contributed by atoms with E-state index in [9.17, 15) is 13.2 Å². The molecule has 0 aromatic heterocycles. The minimum atomic E-state index is -3.47.